The van der Waals surface area contributed by atoms with Crippen molar-refractivity contribution in [2.45, 2.75) is 34.6 Å². The number of hydrogen-bond donors (Lipinski definition) is 1. The van der Waals surface area contributed by atoms with Crippen molar-refractivity contribution in [2.75, 3.05) is 7.11 Å². The molecular formula is C18H22O2. The van der Waals surface area contributed by atoms with E-state index in [1.54, 1.807) is 13.2 Å². The van der Waals surface area contributed by atoms with Crippen LogP contribution in [0.3, 0.4) is 0 Å². The van der Waals surface area contributed by atoms with E-state index in [4.69, 9.17) is 4.74 Å². The van der Waals surface area contributed by atoms with Gasteiger partial charge in [-0.3, -0.25) is 0 Å². The highest BCUT2D eigenvalue weighted by atomic mass is 16.5. The van der Waals surface area contributed by atoms with E-state index in [1.165, 1.54) is 11.1 Å². The van der Waals surface area contributed by atoms with E-state index >= 15 is 0 Å². The van der Waals surface area contributed by atoms with Gasteiger partial charge in [0, 0.05) is 11.1 Å². The molecule has 0 atom stereocenters. The molecule has 0 aromatic heterocycles. The van der Waals surface area contributed by atoms with E-state index in [-0.39, 0.29) is 0 Å². The van der Waals surface area contributed by atoms with Gasteiger partial charge in [-0.2, -0.15) is 0 Å². The summed E-state index contributed by atoms with van der Waals surface area (Å²) in [6, 6.07) is 5.61. The van der Waals surface area contributed by atoms with Crippen LogP contribution in [-0.2, 0) is 0 Å². The zero-order chi connectivity index (χ0) is 15.0. The quantitative estimate of drug-likeness (QED) is 0.863. The Bertz CT molecular complexity index is 650. The Kier molecular flexibility index (Phi) is 3.76. The Labute approximate surface area is 121 Å². The van der Waals surface area contributed by atoms with Crippen LogP contribution in [-0.4, -0.2) is 12.2 Å². The Balaban J connectivity index is 2.94. The molecule has 0 aliphatic heterocycles. The number of phenols is 1. The molecule has 2 aromatic carbocycles. The smallest absolute Gasteiger partial charge is 0.130 e. The van der Waals surface area contributed by atoms with Crippen molar-refractivity contribution in [1.29, 1.82) is 0 Å². The Morgan fingerprint density at radius 1 is 0.800 bits per heavy atom. The van der Waals surface area contributed by atoms with E-state index < -0.39 is 0 Å². The SMILES string of the molecule is COc1c(C)c(C)c(C)c(C)c1-c1c(C)cccc1O. The topological polar surface area (TPSA) is 29.5 Å². The molecule has 0 saturated carbocycles. The van der Waals surface area contributed by atoms with Gasteiger partial charge in [0.25, 0.3) is 0 Å². The van der Waals surface area contributed by atoms with Gasteiger partial charge in [0.2, 0.25) is 0 Å². The van der Waals surface area contributed by atoms with Crippen LogP contribution in [0.5, 0.6) is 11.5 Å². The predicted octanol–water partition coefficient (Wildman–Crippen LogP) is 4.61. The number of rotatable bonds is 2. The molecule has 0 amide bonds. The first-order chi connectivity index (χ1) is 9.40. The molecule has 0 aliphatic carbocycles. The van der Waals surface area contributed by atoms with Gasteiger partial charge in [0.05, 0.1) is 7.11 Å². The number of ether oxygens (including phenoxy) is 1. The molecular weight excluding hydrogens is 248 g/mol. The number of methoxy groups -OCH3 is 1. The third-order valence-electron chi connectivity index (χ3n) is 4.34. The molecule has 2 rings (SSSR count). The summed E-state index contributed by atoms with van der Waals surface area (Å²) in [5.41, 5.74) is 7.71. The molecule has 0 radical (unpaired) electrons. The molecule has 2 heteroatoms. The Morgan fingerprint density at radius 2 is 1.40 bits per heavy atom. The summed E-state index contributed by atoms with van der Waals surface area (Å²) < 4.78 is 5.65. The number of hydrogen-bond acceptors (Lipinski definition) is 2. The van der Waals surface area contributed by atoms with Crippen LogP contribution in [0.1, 0.15) is 27.8 Å². The Morgan fingerprint density at radius 3 is 1.95 bits per heavy atom. The number of aryl methyl sites for hydroxylation is 1. The summed E-state index contributed by atoms with van der Waals surface area (Å²) in [4.78, 5) is 0. The summed E-state index contributed by atoms with van der Waals surface area (Å²) >= 11 is 0. The lowest BCUT2D eigenvalue weighted by Gasteiger charge is -2.21. The van der Waals surface area contributed by atoms with Crippen LogP contribution in [0.25, 0.3) is 11.1 Å². The fourth-order valence-corrected chi connectivity index (χ4v) is 2.81. The summed E-state index contributed by atoms with van der Waals surface area (Å²) in [6.07, 6.45) is 0. The van der Waals surface area contributed by atoms with Crippen LogP contribution >= 0.6 is 0 Å². The molecule has 0 heterocycles. The van der Waals surface area contributed by atoms with Crippen LogP contribution in [0.15, 0.2) is 18.2 Å². The average Bonchev–Trinajstić information content (AvgIpc) is 2.42. The maximum atomic E-state index is 10.3. The Hall–Kier alpha value is -1.96. The van der Waals surface area contributed by atoms with Crippen molar-refractivity contribution >= 4 is 0 Å². The first-order valence-electron chi connectivity index (χ1n) is 6.83. The lowest BCUT2D eigenvalue weighted by Crippen LogP contribution is -2.01. The van der Waals surface area contributed by atoms with Gasteiger partial charge in [-0.1, -0.05) is 12.1 Å². The van der Waals surface area contributed by atoms with Crippen molar-refractivity contribution in [3.8, 4) is 22.6 Å². The molecule has 0 spiro atoms. The zero-order valence-corrected chi connectivity index (χ0v) is 13.1. The molecule has 2 nitrogen and oxygen atoms in total. The minimum atomic E-state index is 0.300. The summed E-state index contributed by atoms with van der Waals surface area (Å²) in [5.74, 6) is 1.16. The lowest BCUT2D eigenvalue weighted by molar-refractivity contribution is 0.412. The molecule has 106 valence electrons. The van der Waals surface area contributed by atoms with Gasteiger partial charge in [-0.25, -0.2) is 0 Å². The maximum absolute atomic E-state index is 10.3. The number of aromatic hydroxyl groups is 1. The maximum Gasteiger partial charge on any atom is 0.130 e. The van der Waals surface area contributed by atoms with Gasteiger partial charge in [0.1, 0.15) is 11.5 Å². The van der Waals surface area contributed by atoms with Gasteiger partial charge in [0.15, 0.2) is 0 Å². The number of benzene rings is 2. The van der Waals surface area contributed by atoms with E-state index in [1.807, 2.05) is 19.1 Å². The normalized spacial score (nSPS) is 10.7. The molecule has 1 N–H and O–H groups in total. The van der Waals surface area contributed by atoms with Gasteiger partial charge < -0.3 is 9.84 Å². The average molecular weight is 270 g/mol. The van der Waals surface area contributed by atoms with E-state index in [0.717, 1.165) is 33.6 Å². The summed E-state index contributed by atoms with van der Waals surface area (Å²) in [6.45, 7) is 10.4. The van der Waals surface area contributed by atoms with Crippen molar-refractivity contribution < 1.29 is 9.84 Å². The molecule has 0 unspecified atom stereocenters. The second kappa shape index (κ2) is 5.20. The minimum Gasteiger partial charge on any atom is -0.507 e. The molecule has 0 aliphatic rings. The fraction of sp³-hybridized carbons (Fsp3) is 0.333. The highest BCUT2D eigenvalue weighted by Crippen LogP contribution is 2.44. The van der Waals surface area contributed by atoms with Gasteiger partial charge in [-0.15, -0.1) is 0 Å². The van der Waals surface area contributed by atoms with Crippen LogP contribution in [0.4, 0.5) is 0 Å². The predicted molar refractivity (Wildman–Crippen MR) is 83.8 cm³/mol. The molecule has 2 aromatic rings. The van der Waals surface area contributed by atoms with Crippen molar-refractivity contribution in [3.05, 3.63) is 46.0 Å². The van der Waals surface area contributed by atoms with Gasteiger partial charge in [-0.05, 0) is 68.5 Å². The third-order valence-corrected chi connectivity index (χ3v) is 4.34. The molecule has 0 saturated heterocycles. The molecule has 0 fully saturated rings. The van der Waals surface area contributed by atoms with Crippen molar-refractivity contribution in [1.82, 2.24) is 0 Å². The largest absolute Gasteiger partial charge is 0.507 e. The highest BCUT2D eigenvalue weighted by Gasteiger charge is 2.20. The first kappa shape index (κ1) is 14.4. The summed E-state index contributed by atoms with van der Waals surface area (Å²) in [7, 11) is 1.69. The second-order valence-electron chi connectivity index (χ2n) is 5.38. The van der Waals surface area contributed by atoms with Crippen molar-refractivity contribution in [2.24, 2.45) is 0 Å². The number of phenolic OH excluding ortho intramolecular Hbond substituents is 1. The van der Waals surface area contributed by atoms with E-state index in [2.05, 4.69) is 27.7 Å². The zero-order valence-electron chi connectivity index (χ0n) is 13.1. The van der Waals surface area contributed by atoms with E-state index in [9.17, 15) is 5.11 Å². The standard InChI is InChI=1S/C18H22O2/c1-10-8-7-9-15(19)16(10)17-13(4)11(2)12(3)14(5)18(17)20-6/h7-9,19H,1-6H3. The van der Waals surface area contributed by atoms with Crippen LogP contribution < -0.4 is 4.74 Å². The minimum absolute atomic E-state index is 0.300. The first-order valence-corrected chi connectivity index (χ1v) is 6.83. The van der Waals surface area contributed by atoms with E-state index in [0.29, 0.717) is 5.75 Å². The lowest BCUT2D eigenvalue weighted by atomic mass is 9.87. The van der Waals surface area contributed by atoms with Crippen molar-refractivity contribution in [3.63, 3.8) is 0 Å². The van der Waals surface area contributed by atoms with Gasteiger partial charge >= 0.3 is 0 Å². The fourth-order valence-electron chi connectivity index (χ4n) is 2.81. The monoisotopic (exact) mass is 270 g/mol. The second-order valence-corrected chi connectivity index (χ2v) is 5.38. The third kappa shape index (κ3) is 2.05. The highest BCUT2D eigenvalue weighted by molar-refractivity contribution is 5.83. The summed E-state index contributed by atoms with van der Waals surface area (Å²) in [5, 5.41) is 10.3. The molecule has 20 heavy (non-hydrogen) atoms. The van der Waals surface area contributed by atoms with Crippen LogP contribution in [0.2, 0.25) is 0 Å². The van der Waals surface area contributed by atoms with Crippen LogP contribution in [0, 0.1) is 34.6 Å². The molecule has 0 bridgehead atoms.